The molecule has 0 radical (unpaired) electrons. The first kappa shape index (κ1) is 11.3. The molecule has 0 heterocycles. The highest BCUT2D eigenvalue weighted by Gasteiger charge is 2.21. The van der Waals surface area contributed by atoms with Crippen LogP contribution in [0.4, 0.5) is 5.69 Å². The first-order valence-corrected chi connectivity index (χ1v) is 4.29. The van der Waals surface area contributed by atoms with E-state index in [9.17, 15) is 10.2 Å². The summed E-state index contributed by atoms with van der Waals surface area (Å²) in [5.41, 5.74) is 6.34. The molecule has 1 aromatic carbocycles. The molecule has 0 aliphatic carbocycles. The van der Waals surface area contributed by atoms with Crippen molar-refractivity contribution in [3.63, 3.8) is 0 Å². The molecule has 0 bridgehead atoms. The maximum Gasteiger partial charge on any atom is 0.170 e. The van der Waals surface area contributed by atoms with Crippen LogP contribution in [0, 0.1) is 11.3 Å². The van der Waals surface area contributed by atoms with E-state index >= 15 is 0 Å². The SMILES string of the molecule is COc1cc(N)ccc1C(O)C(O)C#N. The molecule has 1 aromatic rings. The first-order valence-electron chi connectivity index (χ1n) is 4.29. The fourth-order valence-corrected chi connectivity index (χ4v) is 1.21. The Morgan fingerprint density at radius 2 is 2.13 bits per heavy atom. The molecule has 0 fully saturated rings. The molecular weight excluding hydrogens is 196 g/mol. The summed E-state index contributed by atoms with van der Waals surface area (Å²) in [7, 11) is 1.42. The highest BCUT2D eigenvalue weighted by atomic mass is 16.5. The van der Waals surface area contributed by atoms with Crippen LogP contribution in [0.15, 0.2) is 18.2 Å². The molecule has 80 valence electrons. The number of hydrogen-bond donors (Lipinski definition) is 3. The second kappa shape index (κ2) is 4.64. The zero-order valence-corrected chi connectivity index (χ0v) is 8.21. The Bertz CT molecular complexity index is 387. The molecule has 5 nitrogen and oxygen atoms in total. The minimum absolute atomic E-state index is 0.334. The van der Waals surface area contributed by atoms with Gasteiger partial charge in [0.2, 0.25) is 0 Å². The fourth-order valence-electron chi connectivity index (χ4n) is 1.21. The highest BCUT2D eigenvalue weighted by molar-refractivity contribution is 5.49. The number of nitrogens with two attached hydrogens (primary N) is 1. The lowest BCUT2D eigenvalue weighted by atomic mass is 10.0. The number of rotatable bonds is 3. The average Bonchev–Trinajstić information content (AvgIpc) is 2.26. The molecule has 5 heteroatoms. The molecule has 0 saturated carbocycles. The van der Waals surface area contributed by atoms with E-state index in [2.05, 4.69) is 0 Å². The van der Waals surface area contributed by atoms with Gasteiger partial charge < -0.3 is 20.7 Å². The molecule has 4 N–H and O–H groups in total. The number of nitriles is 1. The lowest BCUT2D eigenvalue weighted by Gasteiger charge is -2.15. The highest BCUT2D eigenvalue weighted by Crippen LogP contribution is 2.28. The Morgan fingerprint density at radius 1 is 1.47 bits per heavy atom. The van der Waals surface area contributed by atoms with Gasteiger partial charge >= 0.3 is 0 Å². The number of aliphatic hydroxyl groups is 2. The average molecular weight is 208 g/mol. The summed E-state index contributed by atoms with van der Waals surface area (Å²) >= 11 is 0. The summed E-state index contributed by atoms with van der Waals surface area (Å²) < 4.78 is 4.98. The van der Waals surface area contributed by atoms with Crippen molar-refractivity contribution in [2.75, 3.05) is 12.8 Å². The van der Waals surface area contributed by atoms with Gasteiger partial charge in [0.05, 0.1) is 13.2 Å². The number of benzene rings is 1. The molecule has 0 aliphatic rings. The molecular formula is C10H12N2O3. The smallest absolute Gasteiger partial charge is 0.170 e. The van der Waals surface area contributed by atoms with E-state index in [1.165, 1.54) is 19.2 Å². The number of aliphatic hydroxyl groups excluding tert-OH is 2. The predicted octanol–water partition coefficient (Wildman–Crippen LogP) is 0.195. The first-order chi connectivity index (χ1) is 7.10. The molecule has 0 spiro atoms. The van der Waals surface area contributed by atoms with Crippen molar-refractivity contribution in [1.29, 1.82) is 5.26 Å². The summed E-state index contributed by atoms with van der Waals surface area (Å²) in [6.07, 6.45) is -2.78. The topological polar surface area (TPSA) is 99.5 Å². The van der Waals surface area contributed by atoms with E-state index in [-0.39, 0.29) is 0 Å². The number of hydrogen-bond acceptors (Lipinski definition) is 5. The summed E-state index contributed by atoms with van der Waals surface area (Å²) in [6, 6.07) is 6.14. The predicted molar refractivity (Wildman–Crippen MR) is 54.0 cm³/mol. The lowest BCUT2D eigenvalue weighted by molar-refractivity contribution is 0.0511. The zero-order chi connectivity index (χ0) is 11.4. The van der Waals surface area contributed by atoms with Gasteiger partial charge in [-0.2, -0.15) is 5.26 Å². The van der Waals surface area contributed by atoms with E-state index in [1.807, 2.05) is 0 Å². The van der Waals surface area contributed by atoms with Gasteiger partial charge in [0.1, 0.15) is 11.9 Å². The van der Waals surface area contributed by atoms with Crippen LogP contribution in [-0.2, 0) is 0 Å². The van der Waals surface area contributed by atoms with Gasteiger partial charge in [0.15, 0.2) is 6.10 Å². The van der Waals surface area contributed by atoms with Gasteiger partial charge in [-0.3, -0.25) is 0 Å². The second-order valence-corrected chi connectivity index (χ2v) is 3.02. The van der Waals surface area contributed by atoms with Crippen molar-refractivity contribution < 1.29 is 14.9 Å². The number of anilines is 1. The molecule has 1 rings (SSSR count). The van der Waals surface area contributed by atoms with Crippen molar-refractivity contribution in [3.05, 3.63) is 23.8 Å². The third-order valence-electron chi connectivity index (χ3n) is 2.01. The minimum atomic E-state index is -1.48. The van der Waals surface area contributed by atoms with Crippen LogP contribution in [0.25, 0.3) is 0 Å². The number of nitrogens with zero attached hydrogens (tertiary/aromatic N) is 1. The monoisotopic (exact) mass is 208 g/mol. The molecule has 2 unspecified atom stereocenters. The maximum absolute atomic E-state index is 9.60. The van der Waals surface area contributed by atoms with E-state index in [1.54, 1.807) is 12.1 Å². The van der Waals surface area contributed by atoms with Gasteiger partial charge in [-0.25, -0.2) is 0 Å². The standard InChI is InChI=1S/C10H12N2O3/c1-15-9-4-6(12)2-3-7(9)10(14)8(13)5-11/h2-4,8,10,13-14H,12H2,1H3. The van der Waals surface area contributed by atoms with Gasteiger partial charge in [-0.1, -0.05) is 6.07 Å². The quantitative estimate of drug-likeness (QED) is 0.486. The van der Waals surface area contributed by atoms with E-state index in [0.717, 1.165) is 0 Å². The molecule has 0 amide bonds. The Hall–Kier alpha value is -1.77. The zero-order valence-electron chi connectivity index (χ0n) is 8.21. The van der Waals surface area contributed by atoms with Crippen LogP contribution in [0.1, 0.15) is 11.7 Å². The van der Waals surface area contributed by atoms with Crippen molar-refractivity contribution >= 4 is 5.69 Å². The van der Waals surface area contributed by atoms with Gasteiger partial charge in [0.25, 0.3) is 0 Å². The summed E-state index contributed by atoms with van der Waals surface area (Å²) in [4.78, 5) is 0. The molecule has 0 saturated heterocycles. The molecule has 0 aliphatic heterocycles. The maximum atomic E-state index is 9.60. The van der Waals surface area contributed by atoms with Crippen LogP contribution in [-0.4, -0.2) is 23.4 Å². The third kappa shape index (κ3) is 2.37. The van der Waals surface area contributed by atoms with Crippen molar-refractivity contribution in [3.8, 4) is 11.8 Å². The lowest BCUT2D eigenvalue weighted by Crippen LogP contribution is -2.16. The second-order valence-electron chi connectivity index (χ2n) is 3.02. The van der Waals surface area contributed by atoms with E-state index in [4.69, 9.17) is 15.7 Å². The van der Waals surface area contributed by atoms with E-state index in [0.29, 0.717) is 17.0 Å². The van der Waals surface area contributed by atoms with Crippen LogP contribution >= 0.6 is 0 Å². The number of ether oxygens (including phenoxy) is 1. The Labute approximate surface area is 87.3 Å². The third-order valence-corrected chi connectivity index (χ3v) is 2.01. The minimum Gasteiger partial charge on any atom is -0.496 e. The van der Waals surface area contributed by atoms with Crippen LogP contribution in [0.3, 0.4) is 0 Å². The molecule has 0 aromatic heterocycles. The van der Waals surface area contributed by atoms with Crippen molar-refractivity contribution in [1.82, 2.24) is 0 Å². The largest absolute Gasteiger partial charge is 0.496 e. The normalized spacial score (nSPS) is 14.0. The summed E-state index contributed by atoms with van der Waals surface area (Å²) in [5, 5.41) is 27.2. The van der Waals surface area contributed by atoms with E-state index < -0.39 is 12.2 Å². The van der Waals surface area contributed by atoms with Gasteiger partial charge in [0, 0.05) is 17.3 Å². The van der Waals surface area contributed by atoms with Crippen molar-refractivity contribution in [2.45, 2.75) is 12.2 Å². The number of nitrogen functional groups attached to an aromatic ring is 1. The number of methoxy groups -OCH3 is 1. The van der Waals surface area contributed by atoms with Crippen LogP contribution in [0.2, 0.25) is 0 Å². The van der Waals surface area contributed by atoms with Crippen LogP contribution in [0.5, 0.6) is 5.75 Å². The Morgan fingerprint density at radius 3 is 2.67 bits per heavy atom. The van der Waals surface area contributed by atoms with Gasteiger partial charge in [-0.15, -0.1) is 0 Å². The Balaban J connectivity index is 3.09. The summed E-state index contributed by atoms with van der Waals surface area (Å²) in [6.45, 7) is 0. The summed E-state index contributed by atoms with van der Waals surface area (Å²) in [5.74, 6) is 0.344. The molecule has 15 heavy (non-hydrogen) atoms. The van der Waals surface area contributed by atoms with Crippen molar-refractivity contribution in [2.24, 2.45) is 0 Å². The van der Waals surface area contributed by atoms with Gasteiger partial charge in [-0.05, 0) is 6.07 Å². The molecule has 2 atom stereocenters. The Kier molecular flexibility index (Phi) is 3.50. The fraction of sp³-hybridized carbons (Fsp3) is 0.300. The van der Waals surface area contributed by atoms with Crippen LogP contribution < -0.4 is 10.5 Å².